The Labute approximate surface area is 105 Å². The number of aliphatic hydroxyl groups excluding tert-OH is 1. The summed E-state index contributed by atoms with van der Waals surface area (Å²) < 4.78 is 0. The first-order valence-corrected chi connectivity index (χ1v) is 5.72. The van der Waals surface area contributed by atoms with Gasteiger partial charge < -0.3 is 16.2 Å². The molecule has 1 aromatic rings. The van der Waals surface area contributed by atoms with E-state index in [9.17, 15) is 4.79 Å². The van der Waals surface area contributed by atoms with Crippen LogP contribution < -0.4 is 11.1 Å². The van der Waals surface area contributed by atoms with Crippen molar-refractivity contribution in [2.45, 2.75) is 13.3 Å². The Balaban J connectivity index is 2.55. The topological polar surface area (TPSA) is 88.2 Å². The van der Waals surface area contributed by atoms with Crippen LogP contribution in [0.5, 0.6) is 0 Å². The molecule has 1 aromatic heterocycles. The predicted molar refractivity (Wildman–Crippen MR) is 66.9 cm³/mol. The van der Waals surface area contributed by atoms with E-state index in [0.717, 1.165) is 0 Å². The molecule has 94 valence electrons. The molecule has 1 amide bonds. The van der Waals surface area contributed by atoms with Crippen LogP contribution in [0.4, 0.5) is 5.82 Å². The molecule has 1 unspecified atom stereocenters. The van der Waals surface area contributed by atoms with Crippen LogP contribution in [0.15, 0.2) is 12.3 Å². The van der Waals surface area contributed by atoms with Crippen molar-refractivity contribution in [2.75, 3.05) is 18.9 Å². The van der Waals surface area contributed by atoms with Gasteiger partial charge >= 0.3 is 0 Å². The molecule has 1 heterocycles. The van der Waals surface area contributed by atoms with Crippen molar-refractivity contribution in [1.29, 1.82) is 0 Å². The highest BCUT2D eigenvalue weighted by atomic mass is 35.5. The number of nitrogen functional groups attached to an aromatic ring is 1. The number of nitrogens with one attached hydrogen (secondary N) is 1. The number of carbonyl (C=O) groups is 1. The number of anilines is 1. The number of rotatable bonds is 5. The highest BCUT2D eigenvalue weighted by Gasteiger charge is 2.09. The Morgan fingerprint density at radius 3 is 3.00 bits per heavy atom. The second-order valence-corrected chi connectivity index (χ2v) is 4.33. The van der Waals surface area contributed by atoms with Crippen LogP contribution >= 0.6 is 11.6 Å². The first kappa shape index (κ1) is 13.7. The van der Waals surface area contributed by atoms with Gasteiger partial charge in [-0.3, -0.25) is 4.79 Å². The maximum atomic E-state index is 11.7. The average molecular weight is 258 g/mol. The molecule has 0 aliphatic heterocycles. The molecule has 17 heavy (non-hydrogen) atoms. The first-order valence-electron chi connectivity index (χ1n) is 5.34. The number of hydrogen-bond donors (Lipinski definition) is 3. The number of nitrogens with two attached hydrogens (primary N) is 1. The Kier molecular flexibility index (Phi) is 5.18. The number of aliphatic hydroxyl groups is 1. The van der Waals surface area contributed by atoms with E-state index in [2.05, 4.69) is 10.3 Å². The lowest BCUT2D eigenvalue weighted by molar-refractivity contribution is 0.0945. The number of hydrogen-bond acceptors (Lipinski definition) is 4. The van der Waals surface area contributed by atoms with Crippen LogP contribution in [0.1, 0.15) is 23.7 Å². The summed E-state index contributed by atoms with van der Waals surface area (Å²) in [7, 11) is 0. The van der Waals surface area contributed by atoms with Crippen molar-refractivity contribution in [3.8, 4) is 0 Å². The van der Waals surface area contributed by atoms with E-state index in [1.165, 1.54) is 12.3 Å². The summed E-state index contributed by atoms with van der Waals surface area (Å²) in [5, 5.41) is 11.7. The number of carbonyl (C=O) groups excluding carboxylic acids is 1. The van der Waals surface area contributed by atoms with Gasteiger partial charge in [-0.05, 0) is 18.4 Å². The van der Waals surface area contributed by atoms with Gasteiger partial charge in [0.25, 0.3) is 5.91 Å². The number of halogens is 1. The molecule has 0 aromatic carbocycles. The summed E-state index contributed by atoms with van der Waals surface area (Å²) in [6, 6.07) is 1.48. The molecule has 0 fully saturated rings. The van der Waals surface area contributed by atoms with Gasteiger partial charge in [-0.2, -0.15) is 0 Å². The normalized spacial score (nSPS) is 12.2. The highest BCUT2D eigenvalue weighted by molar-refractivity contribution is 6.33. The minimum atomic E-state index is -0.246. The summed E-state index contributed by atoms with van der Waals surface area (Å²) in [6.45, 7) is 2.57. The highest BCUT2D eigenvalue weighted by Crippen LogP contribution is 2.16. The molecule has 6 heteroatoms. The van der Waals surface area contributed by atoms with Crippen molar-refractivity contribution in [3.63, 3.8) is 0 Å². The number of amides is 1. The van der Waals surface area contributed by atoms with Gasteiger partial charge in [0, 0.05) is 19.3 Å². The largest absolute Gasteiger partial charge is 0.396 e. The lowest BCUT2D eigenvalue weighted by atomic mass is 10.1. The van der Waals surface area contributed by atoms with Gasteiger partial charge in [-0.1, -0.05) is 18.5 Å². The zero-order valence-electron chi connectivity index (χ0n) is 9.61. The molecular weight excluding hydrogens is 242 g/mol. The minimum Gasteiger partial charge on any atom is -0.396 e. The molecule has 4 N–H and O–H groups in total. The number of pyridine rings is 1. The zero-order valence-corrected chi connectivity index (χ0v) is 10.4. The van der Waals surface area contributed by atoms with Crippen LogP contribution in [0.2, 0.25) is 5.02 Å². The molecule has 0 saturated heterocycles. The Morgan fingerprint density at radius 2 is 2.41 bits per heavy atom. The minimum absolute atomic E-state index is 0.117. The molecular formula is C11H16ClN3O2. The van der Waals surface area contributed by atoms with Crippen molar-refractivity contribution in [1.82, 2.24) is 10.3 Å². The molecule has 0 radical (unpaired) electrons. The molecule has 0 saturated carbocycles. The third-order valence-corrected chi connectivity index (χ3v) is 2.67. The smallest absolute Gasteiger partial charge is 0.252 e. The summed E-state index contributed by atoms with van der Waals surface area (Å²) in [5.74, 6) is 0.183. The molecule has 0 bridgehead atoms. The fourth-order valence-electron chi connectivity index (χ4n) is 1.26. The van der Waals surface area contributed by atoms with Gasteiger partial charge in [0.15, 0.2) is 0 Å². The Bertz CT molecular complexity index is 398. The maximum absolute atomic E-state index is 11.7. The zero-order chi connectivity index (χ0) is 12.8. The van der Waals surface area contributed by atoms with Crippen LogP contribution in [0.25, 0.3) is 0 Å². The predicted octanol–water partition coefficient (Wildman–Crippen LogP) is 1.07. The summed E-state index contributed by atoms with van der Waals surface area (Å²) in [5.41, 5.74) is 5.82. The molecule has 1 atom stereocenters. The lowest BCUT2D eigenvalue weighted by Crippen LogP contribution is -2.28. The first-order chi connectivity index (χ1) is 8.04. The standard InChI is InChI=1S/C11H16ClN3O2/c1-7(2-3-16)5-15-11(17)8-4-9(12)10(13)14-6-8/h4,6-7,16H,2-3,5H2,1H3,(H2,13,14)(H,15,17). The average Bonchev–Trinajstić information content (AvgIpc) is 2.30. The van der Waals surface area contributed by atoms with Crippen molar-refractivity contribution >= 4 is 23.3 Å². The Hall–Kier alpha value is -1.33. The Morgan fingerprint density at radius 1 is 1.71 bits per heavy atom. The van der Waals surface area contributed by atoms with Gasteiger partial charge in [0.05, 0.1) is 10.6 Å². The third-order valence-electron chi connectivity index (χ3n) is 2.36. The molecule has 1 rings (SSSR count). The van der Waals surface area contributed by atoms with E-state index in [4.69, 9.17) is 22.4 Å². The number of aromatic nitrogens is 1. The van der Waals surface area contributed by atoms with Gasteiger partial charge in [-0.15, -0.1) is 0 Å². The summed E-state index contributed by atoms with van der Waals surface area (Å²) >= 11 is 5.77. The van der Waals surface area contributed by atoms with Gasteiger partial charge in [0.2, 0.25) is 0 Å². The van der Waals surface area contributed by atoms with Crippen LogP contribution in [0.3, 0.4) is 0 Å². The monoisotopic (exact) mass is 257 g/mol. The van der Waals surface area contributed by atoms with Gasteiger partial charge in [0.1, 0.15) is 5.82 Å². The molecule has 0 aliphatic carbocycles. The van der Waals surface area contributed by atoms with E-state index in [-0.39, 0.29) is 29.3 Å². The van der Waals surface area contributed by atoms with E-state index < -0.39 is 0 Å². The lowest BCUT2D eigenvalue weighted by Gasteiger charge is -2.11. The van der Waals surface area contributed by atoms with Crippen molar-refractivity contribution < 1.29 is 9.90 Å². The maximum Gasteiger partial charge on any atom is 0.252 e. The summed E-state index contributed by atoms with van der Waals surface area (Å²) in [4.78, 5) is 15.5. The van der Waals surface area contributed by atoms with E-state index in [0.29, 0.717) is 18.5 Å². The fraction of sp³-hybridized carbons (Fsp3) is 0.455. The second-order valence-electron chi connectivity index (χ2n) is 3.92. The van der Waals surface area contributed by atoms with E-state index in [1.54, 1.807) is 0 Å². The van der Waals surface area contributed by atoms with Crippen LogP contribution in [0, 0.1) is 5.92 Å². The third kappa shape index (κ3) is 4.20. The SMILES string of the molecule is CC(CCO)CNC(=O)c1cnc(N)c(Cl)c1. The summed E-state index contributed by atoms with van der Waals surface area (Å²) in [6.07, 6.45) is 2.04. The van der Waals surface area contributed by atoms with E-state index in [1.807, 2.05) is 6.92 Å². The van der Waals surface area contributed by atoms with Crippen LogP contribution in [-0.2, 0) is 0 Å². The van der Waals surface area contributed by atoms with Crippen LogP contribution in [-0.4, -0.2) is 29.1 Å². The molecule has 5 nitrogen and oxygen atoms in total. The second kappa shape index (κ2) is 6.42. The fourth-order valence-corrected chi connectivity index (χ4v) is 1.43. The molecule has 0 spiro atoms. The van der Waals surface area contributed by atoms with Crippen molar-refractivity contribution in [3.05, 3.63) is 22.8 Å². The molecule has 0 aliphatic rings. The van der Waals surface area contributed by atoms with Crippen molar-refractivity contribution in [2.24, 2.45) is 5.92 Å². The quantitative estimate of drug-likeness (QED) is 0.736. The van der Waals surface area contributed by atoms with E-state index >= 15 is 0 Å². The number of nitrogens with zero attached hydrogens (tertiary/aromatic N) is 1. The van der Waals surface area contributed by atoms with Gasteiger partial charge in [-0.25, -0.2) is 4.98 Å².